The summed E-state index contributed by atoms with van der Waals surface area (Å²) in [5, 5.41) is 6.42. The summed E-state index contributed by atoms with van der Waals surface area (Å²) in [6, 6.07) is 9.02. The molecule has 0 fully saturated rings. The number of hydrogen-bond acceptors (Lipinski definition) is 4. The first kappa shape index (κ1) is 11.6. The minimum absolute atomic E-state index is 0.229. The van der Waals surface area contributed by atoms with Gasteiger partial charge in [0.15, 0.2) is 5.82 Å². The number of nitrogens with zero attached hydrogens (tertiary/aromatic N) is 3. The molecule has 19 heavy (non-hydrogen) atoms. The van der Waals surface area contributed by atoms with Crippen LogP contribution in [-0.2, 0) is 13.6 Å². The Labute approximate surface area is 108 Å². The lowest BCUT2D eigenvalue weighted by Gasteiger charge is -2.00. The summed E-state index contributed by atoms with van der Waals surface area (Å²) < 4.78 is 1.94. The molecule has 0 saturated heterocycles. The first-order valence-electron chi connectivity index (χ1n) is 5.90. The van der Waals surface area contributed by atoms with Crippen molar-refractivity contribution in [1.82, 2.24) is 19.7 Å². The summed E-state index contributed by atoms with van der Waals surface area (Å²) in [6.45, 7) is 0.485. The van der Waals surface area contributed by atoms with Crippen LogP contribution in [-0.4, -0.2) is 19.7 Å². The maximum absolute atomic E-state index is 11.0. The summed E-state index contributed by atoms with van der Waals surface area (Å²) in [6.07, 6.45) is 0. The van der Waals surface area contributed by atoms with E-state index in [-0.39, 0.29) is 5.56 Å². The SMILES string of the molecule is Cn1c(-c2ccc(=O)[nH]n2)nc2cc(CN)ccc21. The van der Waals surface area contributed by atoms with E-state index in [0.717, 1.165) is 16.6 Å². The van der Waals surface area contributed by atoms with Crippen molar-refractivity contribution in [2.45, 2.75) is 6.54 Å². The molecule has 3 aromatic rings. The number of nitrogens with one attached hydrogen (secondary N) is 1. The van der Waals surface area contributed by atoms with Gasteiger partial charge in [-0.05, 0) is 23.8 Å². The molecule has 0 saturated carbocycles. The van der Waals surface area contributed by atoms with Gasteiger partial charge >= 0.3 is 0 Å². The van der Waals surface area contributed by atoms with Crippen LogP contribution in [0.5, 0.6) is 0 Å². The van der Waals surface area contributed by atoms with E-state index in [4.69, 9.17) is 5.73 Å². The number of benzene rings is 1. The van der Waals surface area contributed by atoms with E-state index in [9.17, 15) is 4.79 Å². The Morgan fingerprint density at radius 2 is 2.16 bits per heavy atom. The van der Waals surface area contributed by atoms with E-state index >= 15 is 0 Å². The molecule has 0 aliphatic heterocycles. The topological polar surface area (TPSA) is 89.6 Å². The molecular formula is C13H13N5O. The van der Waals surface area contributed by atoms with Gasteiger partial charge in [-0.2, -0.15) is 5.10 Å². The van der Waals surface area contributed by atoms with Crippen LogP contribution in [0.2, 0.25) is 0 Å². The van der Waals surface area contributed by atoms with E-state index in [1.54, 1.807) is 6.07 Å². The average molecular weight is 255 g/mol. The maximum Gasteiger partial charge on any atom is 0.264 e. The van der Waals surface area contributed by atoms with Crippen LogP contribution >= 0.6 is 0 Å². The first-order valence-corrected chi connectivity index (χ1v) is 5.90. The third-order valence-corrected chi connectivity index (χ3v) is 3.09. The van der Waals surface area contributed by atoms with Crippen molar-refractivity contribution in [3.05, 3.63) is 46.2 Å². The van der Waals surface area contributed by atoms with Gasteiger partial charge in [-0.3, -0.25) is 4.79 Å². The monoisotopic (exact) mass is 255 g/mol. The van der Waals surface area contributed by atoms with Crippen molar-refractivity contribution >= 4 is 11.0 Å². The van der Waals surface area contributed by atoms with E-state index in [1.807, 2.05) is 29.8 Å². The standard InChI is InChI=1S/C13H13N5O/c1-18-11-4-2-8(7-14)6-10(11)15-13(18)9-3-5-12(19)17-16-9/h2-6H,7,14H2,1H3,(H,17,19). The van der Waals surface area contributed by atoms with Gasteiger partial charge in [0, 0.05) is 19.7 Å². The molecule has 0 aliphatic rings. The highest BCUT2D eigenvalue weighted by Crippen LogP contribution is 2.22. The van der Waals surface area contributed by atoms with Crippen LogP contribution < -0.4 is 11.3 Å². The summed E-state index contributed by atoms with van der Waals surface area (Å²) in [7, 11) is 1.92. The molecule has 2 heterocycles. The Bertz CT molecular complexity index is 782. The highest BCUT2D eigenvalue weighted by atomic mass is 16.1. The van der Waals surface area contributed by atoms with Gasteiger partial charge in [-0.25, -0.2) is 10.1 Å². The minimum Gasteiger partial charge on any atom is -0.326 e. The molecule has 3 N–H and O–H groups in total. The number of rotatable bonds is 2. The molecule has 6 nitrogen and oxygen atoms in total. The number of hydrogen-bond donors (Lipinski definition) is 2. The smallest absolute Gasteiger partial charge is 0.264 e. The van der Waals surface area contributed by atoms with Gasteiger partial charge in [-0.15, -0.1) is 0 Å². The van der Waals surface area contributed by atoms with Gasteiger partial charge in [0.2, 0.25) is 0 Å². The average Bonchev–Trinajstić information content (AvgIpc) is 2.76. The molecule has 0 atom stereocenters. The zero-order valence-electron chi connectivity index (χ0n) is 10.4. The molecule has 0 spiro atoms. The third kappa shape index (κ3) is 1.92. The number of nitrogens with two attached hydrogens (primary N) is 1. The predicted molar refractivity (Wildman–Crippen MR) is 72.5 cm³/mol. The second kappa shape index (κ2) is 4.33. The van der Waals surface area contributed by atoms with Crippen molar-refractivity contribution < 1.29 is 0 Å². The molecule has 0 radical (unpaired) electrons. The normalized spacial score (nSPS) is 11.1. The van der Waals surface area contributed by atoms with Crippen LogP contribution in [0.15, 0.2) is 35.1 Å². The number of H-pyrrole nitrogens is 1. The Hall–Kier alpha value is -2.47. The second-order valence-corrected chi connectivity index (χ2v) is 4.33. The Morgan fingerprint density at radius 1 is 1.32 bits per heavy atom. The lowest BCUT2D eigenvalue weighted by atomic mass is 10.2. The summed E-state index contributed by atoms with van der Waals surface area (Å²) in [5.74, 6) is 0.709. The molecular weight excluding hydrogens is 242 g/mol. The van der Waals surface area contributed by atoms with Crippen molar-refractivity contribution in [3.8, 4) is 11.5 Å². The molecule has 0 bridgehead atoms. The van der Waals surface area contributed by atoms with Crippen molar-refractivity contribution in [3.63, 3.8) is 0 Å². The van der Waals surface area contributed by atoms with Crippen molar-refractivity contribution in [2.75, 3.05) is 0 Å². The number of aromatic nitrogens is 4. The Balaban J connectivity index is 2.21. The lowest BCUT2D eigenvalue weighted by Crippen LogP contribution is -2.07. The van der Waals surface area contributed by atoms with Gasteiger partial charge < -0.3 is 10.3 Å². The number of fused-ring (bicyclic) bond motifs is 1. The first-order chi connectivity index (χ1) is 9.19. The molecule has 0 amide bonds. The molecule has 0 unspecified atom stereocenters. The summed E-state index contributed by atoms with van der Waals surface area (Å²) >= 11 is 0. The largest absolute Gasteiger partial charge is 0.326 e. The Kier molecular flexibility index (Phi) is 2.64. The minimum atomic E-state index is -0.229. The van der Waals surface area contributed by atoms with E-state index in [1.165, 1.54) is 6.07 Å². The van der Waals surface area contributed by atoms with Gasteiger partial charge in [-0.1, -0.05) is 6.07 Å². The molecule has 2 aromatic heterocycles. The second-order valence-electron chi connectivity index (χ2n) is 4.33. The number of aryl methyl sites for hydroxylation is 1. The summed E-state index contributed by atoms with van der Waals surface area (Å²) in [5.41, 5.74) is 8.93. The summed E-state index contributed by atoms with van der Waals surface area (Å²) in [4.78, 5) is 15.6. The van der Waals surface area contributed by atoms with Crippen LogP contribution in [0.4, 0.5) is 0 Å². The number of imidazole rings is 1. The third-order valence-electron chi connectivity index (χ3n) is 3.09. The predicted octanol–water partition coefficient (Wildman–Crippen LogP) is 0.782. The molecule has 96 valence electrons. The van der Waals surface area contributed by atoms with Gasteiger partial charge in [0.1, 0.15) is 5.69 Å². The maximum atomic E-state index is 11.0. The Morgan fingerprint density at radius 3 is 2.84 bits per heavy atom. The highest BCUT2D eigenvalue weighted by Gasteiger charge is 2.11. The van der Waals surface area contributed by atoms with Crippen LogP contribution in [0, 0.1) is 0 Å². The van der Waals surface area contributed by atoms with E-state index < -0.39 is 0 Å². The zero-order chi connectivity index (χ0) is 13.4. The fourth-order valence-electron chi connectivity index (χ4n) is 2.07. The molecule has 6 heteroatoms. The quantitative estimate of drug-likeness (QED) is 0.708. The molecule has 1 aromatic carbocycles. The van der Waals surface area contributed by atoms with Crippen LogP contribution in [0.3, 0.4) is 0 Å². The van der Waals surface area contributed by atoms with Crippen molar-refractivity contribution in [1.29, 1.82) is 0 Å². The van der Waals surface area contributed by atoms with E-state index in [2.05, 4.69) is 15.2 Å². The fraction of sp³-hybridized carbons (Fsp3) is 0.154. The molecule has 0 aliphatic carbocycles. The lowest BCUT2D eigenvalue weighted by molar-refractivity contribution is 0.920. The van der Waals surface area contributed by atoms with Crippen LogP contribution in [0.25, 0.3) is 22.6 Å². The van der Waals surface area contributed by atoms with Crippen molar-refractivity contribution in [2.24, 2.45) is 12.8 Å². The van der Waals surface area contributed by atoms with Gasteiger partial charge in [0.25, 0.3) is 5.56 Å². The molecule has 3 rings (SSSR count). The zero-order valence-corrected chi connectivity index (χ0v) is 10.4. The van der Waals surface area contributed by atoms with E-state index in [0.29, 0.717) is 18.1 Å². The van der Waals surface area contributed by atoms with Crippen LogP contribution in [0.1, 0.15) is 5.56 Å². The fourth-order valence-corrected chi connectivity index (χ4v) is 2.07. The highest BCUT2D eigenvalue weighted by molar-refractivity contribution is 5.80. The number of aromatic amines is 1. The van der Waals surface area contributed by atoms with Gasteiger partial charge in [0.05, 0.1) is 11.0 Å².